The van der Waals surface area contributed by atoms with Gasteiger partial charge in [0.2, 0.25) is 0 Å². The summed E-state index contributed by atoms with van der Waals surface area (Å²) < 4.78 is 6.18. The number of halogens is 1. The quantitative estimate of drug-likeness (QED) is 0.244. The second kappa shape index (κ2) is 14.6. The predicted molar refractivity (Wildman–Crippen MR) is 177 cm³/mol. The molecule has 1 saturated heterocycles. The van der Waals surface area contributed by atoms with Crippen molar-refractivity contribution in [3.63, 3.8) is 0 Å². The predicted octanol–water partition coefficient (Wildman–Crippen LogP) is 7.00. The molecule has 2 aliphatic rings. The molecule has 3 aromatic rings. The highest BCUT2D eigenvalue weighted by Crippen LogP contribution is 2.38. The van der Waals surface area contributed by atoms with Gasteiger partial charge in [0.1, 0.15) is 5.75 Å². The number of carbonyl (C=O) groups is 2. The molecule has 2 N–H and O–H groups in total. The molecule has 0 radical (unpaired) electrons. The van der Waals surface area contributed by atoms with Crippen LogP contribution in [0.1, 0.15) is 80.3 Å². The molecule has 0 spiro atoms. The molecule has 1 aliphatic carbocycles. The third-order valence-electron chi connectivity index (χ3n) is 9.30. The van der Waals surface area contributed by atoms with Crippen LogP contribution < -0.4 is 15.4 Å². The summed E-state index contributed by atoms with van der Waals surface area (Å²) in [5.74, 6) is 0.445. The van der Waals surface area contributed by atoms with E-state index in [1.165, 1.54) is 37.9 Å². The lowest BCUT2D eigenvalue weighted by atomic mass is 9.73. The summed E-state index contributed by atoms with van der Waals surface area (Å²) in [6.45, 7) is 6.54. The average Bonchev–Trinajstić information content (AvgIpc) is 3.04. The van der Waals surface area contributed by atoms with Gasteiger partial charge >= 0.3 is 0 Å². The van der Waals surface area contributed by atoms with Crippen LogP contribution in [0.15, 0.2) is 78.9 Å². The molecule has 0 aromatic heterocycles. The fourth-order valence-corrected chi connectivity index (χ4v) is 6.82. The minimum Gasteiger partial charge on any atom is -0.478 e. The van der Waals surface area contributed by atoms with Crippen LogP contribution >= 0.6 is 11.6 Å². The van der Waals surface area contributed by atoms with Crippen molar-refractivity contribution in [3.05, 3.63) is 101 Å². The fraction of sp³-hybridized carbons (Fsp3) is 0.459. The van der Waals surface area contributed by atoms with Gasteiger partial charge in [0.25, 0.3) is 11.8 Å². The minimum absolute atomic E-state index is 0.0787. The molecule has 3 aromatic carbocycles. The van der Waals surface area contributed by atoms with Gasteiger partial charge in [-0.1, -0.05) is 60.5 Å². The van der Waals surface area contributed by atoms with E-state index >= 15 is 0 Å². The van der Waals surface area contributed by atoms with Gasteiger partial charge in [-0.05, 0) is 126 Å². The van der Waals surface area contributed by atoms with Gasteiger partial charge in [0.15, 0.2) is 5.60 Å². The first kappa shape index (κ1) is 32.1. The summed E-state index contributed by atoms with van der Waals surface area (Å²) in [6, 6.07) is 25.6. The second-order valence-corrected chi connectivity index (χ2v) is 13.4. The van der Waals surface area contributed by atoms with Crippen molar-refractivity contribution in [3.8, 4) is 5.75 Å². The molecule has 0 unspecified atom stereocenters. The second-order valence-electron chi connectivity index (χ2n) is 13.0. The van der Waals surface area contributed by atoms with Gasteiger partial charge in [-0.3, -0.25) is 14.5 Å². The average molecular weight is 616 g/mol. The molecule has 2 amide bonds. The van der Waals surface area contributed by atoms with Crippen LogP contribution in [0.4, 0.5) is 0 Å². The van der Waals surface area contributed by atoms with E-state index in [0.717, 1.165) is 37.7 Å². The zero-order valence-corrected chi connectivity index (χ0v) is 26.9. The van der Waals surface area contributed by atoms with Crippen molar-refractivity contribution < 1.29 is 14.3 Å². The molecule has 2 fully saturated rings. The first-order valence-corrected chi connectivity index (χ1v) is 16.5. The Kier molecular flexibility index (Phi) is 10.7. The number of nitrogens with zero attached hydrogens (tertiary/aromatic N) is 1. The van der Waals surface area contributed by atoms with Crippen LogP contribution in [0, 0.1) is 0 Å². The van der Waals surface area contributed by atoms with E-state index in [4.69, 9.17) is 16.3 Å². The van der Waals surface area contributed by atoms with E-state index < -0.39 is 5.60 Å². The standard InChI is InChI=1S/C37H46ClN3O3/c1-36(2,44-33-17-11-28(12-18-33)21-24-39-34(42)30-13-15-31(38)16-14-30)35(43)40-32-19-22-37(23-20-32,41-25-7-4-8-26-41)27-29-9-5-3-6-10-29/h3,5-6,9-18,32H,4,7-8,19-27H2,1-2H3,(H,39,42)(H,40,43). The zero-order chi connectivity index (χ0) is 31.0. The van der Waals surface area contributed by atoms with Crippen molar-refractivity contribution in [2.45, 2.75) is 88.8 Å². The lowest BCUT2D eigenvalue weighted by Gasteiger charge is -2.50. The van der Waals surface area contributed by atoms with Crippen molar-refractivity contribution in [2.24, 2.45) is 0 Å². The molecule has 6 nitrogen and oxygen atoms in total. The maximum Gasteiger partial charge on any atom is 0.263 e. The van der Waals surface area contributed by atoms with Crippen LogP contribution in [0.25, 0.3) is 0 Å². The number of rotatable bonds is 11. The van der Waals surface area contributed by atoms with E-state index in [1.807, 2.05) is 38.1 Å². The summed E-state index contributed by atoms with van der Waals surface area (Å²) in [4.78, 5) is 28.5. The molecule has 1 aliphatic heterocycles. The van der Waals surface area contributed by atoms with Crippen molar-refractivity contribution in [2.75, 3.05) is 19.6 Å². The molecule has 1 heterocycles. The van der Waals surface area contributed by atoms with E-state index in [-0.39, 0.29) is 23.4 Å². The van der Waals surface area contributed by atoms with Crippen molar-refractivity contribution in [1.82, 2.24) is 15.5 Å². The number of likely N-dealkylation sites (tertiary alicyclic amines) is 1. The van der Waals surface area contributed by atoms with E-state index in [1.54, 1.807) is 24.3 Å². The Bertz CT molecular complexity index is 1360. The summed E-state index contributed by atoms with van der Waals surface area (Å²) in [5, 5.41) is 6.86. The van der Waals surface area contributed by atoms with E-state index in [9.17, 15) is 9.59 Å². The number of nitrogens with one attached hydrogen (secondary N) is 2. The number of ether oxygens (including phenoxy) is 1. The van der Waals surface area contributed by atoms with E-state index in [2.05, 4.69) is 45.9 Å². The Morgan fingerprint density at radius 2 is 1.55 bits per heavy atom. The zero-order valence-electron chi connectivity index (χ0n) is 26.1. The normalized spacial score (nSPS) is 20.9. The Balaban J connectivity index is 1.10. The molecule has 5 rings (SSSR count). The topological polar surface area (TPSA) is 70.7 Å². The van der Waals surface area contributed by atoms with Crippen molar-refractivity contribution in [1.29, 1.82) is 0 Å². The van der Waals surface area contributed by atoms with E-state index in [0.29, 0.717) is 29.3 Å². The fourth-order valence-electron chi connectivity index (χ4n) is 6.70. The summed E-state index contributed by atoms with van der Waals surface area (Å²) in [7, 11) is 0. The number of hydrogen-bond donors (Lipinski definition) is 2. The van der Waals surface area contributed by atoms with Gasteiger partial charge in [-0.15, -0.1) is 0 Å². The lowest BCUT2D eigenvalue weighted by molar-refractivity contribution is -0.135. The van der Waals surface area contributed by atoms with Crippen LogP contribution in [0.5, 0.6) is 5.75 Å². The molecule has 1 saturated carbocycles. The number of piperidine rings is 1. The molecular weight excluding hydrogens is 570 g/mol. The third kappa shape index (κ3) is 8.42. The maximum absolute atomic E-state index is 13.4. The Morgan fingerprint density at radius 1 is 0.886 bits per heavy atom. The summed E-state index contributed by atoms with van der Waals surface area (Å²) >= 11 is 5.91. The Morgan fingerprint density at radius 3 is 2.20 bits per heavy atom. The highest BCUT2D eigenvalue weighted by Gasteiger charge is 2.42. The smallest absolute Gasteiger partial charge is 0.263 e. The van der Waals surface area contributed by atoms with Crippen LogP contribution in [-0.2, 0) is 17.6 Å². The first-order valence-electron chi connectivity index (χ1n) is 16.1. The van der Waals surface area contributed by atoms with Gasteiger partial charge < -0.3 is 15.4 Å². The van der Waals surface area contributed by atoms with Gasteiger partial charge in [-0.25, -0.2) is 0 Å². The molecule has 234 valence electrons. The molecule has 0 bridgehead atoms. The van der Waals surface area contributed by atoms with Crippen LogP contribution in [0.2, 0.25) is 5.02 Å². The van der Waals surface area contributed by atoms with Crippen LogP contribution in [0.3, 0.4) is 0 Å². The number of amides is 2. The Hall–Kier alpha value is -3.35. The largest absolute Gasteiger partial charge is 0.478 e. The number of hydrogen-bond acceptors (Lipinski definition) is 4. The number of carbonyl (C=O) groups excluding carboxylic acids is 2. The Labute approximate surface area is 267 Å². The summed E-state index contributed by atoms with van der Waals surface area (Å²) in [6.07, 6.45) is 9.81. The molecular formula is C37H46ClN3O3. The van der Waals surface area contributed by atoms with Crippen LogP contribution in [-0.4, -0.2) is 53.5 Å². The van der Waals surface area contributed by atoms with Gasteiger partial charge in [-0.2, -0.15) is 0 Å². The first-order chi connectivity index (χ1) is 21.2. The third-order valence-corrected chi connectivity index (χ3v) is 9.56. The highest BCUT2D eigenvalue weighted by atomic mass is 35.5. The minimum atomic E-state index is -1.00. The SMILES string of the molecule is CC(C)(Oc1ccc(CCNC(=O)c2ccc(Cl)cc2)cc1)C(=O)NC1CCC(Cc2ccccc2)(N2CCCCC2)CC1. The number of benzene rings is 3. The monoisotopic (exact) mass is 615 g/mol. The molecule has 7 heteroatoms. The van der Waals surface area contributed by atoms with Crippen molar-refractivity contribution >= 4 is 23.4 Å². The maximum atomic E-state index is 13.4. The molecule has 44 heavy (non-hydrogen) atoms. The highest BCUT2D eigenvalue weighted by molar-refractivity contribution is 6.30. The summed E-state index contributed by atoms with van der Waals surface area (Å²) in [5.41, 5.74) is 2.24. The molecule has 0 atom stereocenters. The van der Waals surface area contributed by atoms with Gasteiger partial charge in [0, 0.05) is 28.7 Å². The lowest BCUT2D eigenvalue weighted by Crippen LogP contribution is -2.57. The van der Waals surface area contributed by atoms with Gasteiger partial charge in [0.05, 0.1) is 0 Å².